The number of methoxy groups -OCH3 is 1. The number of ether oxygens (including phenoxy) is 1. The number of sulfonamides is 1. The predicted octanol–water partition coefficient (Wildman–Crippen LogP) is 14.0. The highest BCUT2D eigenvalue weighted by molar-refractivity contribution is 7.92. The van der Waals surface area contributed by atoms with Crippen LogP contribution in [0.5, 0.6) is 5.75 Å². The van der Waals surface area contributed by atoms with Crippen molar-refractivity contribution in [2.75, 3.05) is 52.4 Å². The molecule has 6 N–H and O–H groups in total. The van der Waals surface area contributed by atoms with Gasteiger partial charge in [-0.25, -0.2) is 37.4 Å². The number of carbonyl (C=O) groups is 5. The lowest BCUT2D eigenvalue weighted by atomic mass is 9.95. The molecule has 5 heterocycles. The highest BCUT2D eigenvalue weighted by atomic mass is 32.2. The summed E-state index contributed by atoms with van der Waals surface area (Å²) in [4.78, 5) is 75.8. The molecular weight excluding hydrogens is 1190 g/mol. The van der Waals surface area contributed by atoms with Crippen molar-refractivity contribution >= 4 is 79.8 Å². The largest absolute Gasteiger partial charge is 0.496 e. The summed E-state index contributed by atoms with van der Waals surface area (Å²) in [5.74, 6) is -3.47. The molecule has 0 saturated carbocycles. The second-order valence-electron chi connectivity index (χ2n) is 22.4. The minimum Gasteiger partial charge on any atom is -0.496 e. The molecule has 0 amide bonds. The maximum absolute atomic E-state index is 11.5. The number of thiophene rings is 1. The Kier molecular flexibility index (Phi) is 24.6. The first-order chi connectivity index (χ1) is 42.6. The zero-order valence-corrected chi connectivity index (χ0v) is 53.6. The number of nitro benzene ring substituents is 1. The number of pyridine rings is 1. The standard InChI is InChI=1S/C15H14O2.C14H20N2O4S.C13H16N2O4.C13H12O3S.C12H16N2O2/c1-10-5-3-4-6-13(10)14-8-7-12(15(16)17)9-11(14)2;1-10-5-3-4-8-16(10)13-7-6-11(14(17)18)9-12(13)15-21(2,19)20;1-9-4-2-3-7-14(9)11-6-5-10(13(16)17)8-12(11)15(18)19;1-8-6-17-7-11(8)10-4-3-9(13(14)15)5-12(10)16-2;1-8-6-10(12(15)16)7-13-11(8)14-5-3-4-9(14)2/h3-9H,1-2H3,(H,16,17);6-7,9-10,15H,3-5,8H2,1-2H3,(H,17,18);5-6,8-9H,2-4,7H2,1H3,(H,16,17);3-7H,1-2H3,(H,14,15);6-7,9H,3-5H2,1-2H3,(H,15,16). The van der Waals surface area contributed by atoms with E-state index in [-0.39, 0.29) is 34.0 Å². The highest BCUT2D eigenvalue weighted by Gasteiger charge is 2.28. The number of rotatable bonds is 14. The van der Waals surface area contributed by atoms with Crippen molar-refractivity contribution in [2.45, 2.75) is 118 Å². The van der Waals surface area contributed by atoms with Crippen molar-refractivity contribution < 1.29 is 67.6 Å². The van der Waals surface area contributed by atoms with Crippen LogP contribution in [-0.4, -0.2) is 125 Å². The van der Waals surface area contributed by atoms with Crippen molar-refractivity contribution in [3.8, 4) is 28.0 Å². The van der Waals surface area contributed by atoms with Crippen LogP contribution >= 0.6 is 11.3 Å². The normalized spacial score (nSPS) is 16.0. The van der Waals surface area contributed by atoms with Crippen molar-refractivity contribution in [1.82, 2.24) is 4.98 Å². The Morgan fingerprint density at radius 2 is 1.03 bits per heavy atom. The summed E-state index contributed by atoms with van der Waals surface area (Å²) in [7, 11) is -1.92. The lowest BCUT2D eigenvalue weighted by Crippen LogP contribution is -2.38. The van der Waals surface area contributed by atoms with Gasteiger partial charge in [-0.15, -0.1) is 0 Å². The summed E-state index contributed by atoms with van der Waals surface area (Å²) in [6, 6.07) is 29.7. The number of benzene rings is 5. The predicted molar refractivity (Wildman–Crippen MR) is 352 cm³/mol. The number of carboxylic acid groups (broad SMARTS) is 5. The van der Waals surface area contributed by atoms with Crippen LogP contribution in [0.3, 0.4) is 0 Å². The molecule has 10 rings (SSSR count). The fourth-order valence-corrected chi connectivity index (χ4v) is 12.5. The lowest BCUT2D eigenvalue weighted by Gasteiger charge is -2.36. The Balaban J connectivity index is 0.000000180. The summed E-state index contributed by atoms with van der Waals surface area (Å²) in [5.41, 5.74) is 10.8. The Morgan fingerprint density at radius 1 is 0.556 bits per heavy atom. The Labute approximate surface area is 528 Å². The molecule has 3 fully saturated rings. The van der Waals surface area contributed by atoms with E-state index in [1.165, 1.54) is 42.8 Å². The summed E-state index contributed by atoms with van der Waals surface area (Å²) in [6.45, 7) is 16.9. The Bertz CT molecular complexity index is 3850. The molecule has 0 aliphatic carbocycles. The first-order valence-electron chi connectivity index (χ1n) is 29.3. The average molecular weight is 1270 g/mol. The fraction of sp³-hybridized carbons (Fsp3) is 0.343. The number of nitro groups is 1. The van der Waals surface area contributed by atoms with Gasteiger partial charge in [0.2, 0.25) is 10.0 Å². The van der Waals surface area contributed by atoms with Crippen LogP contribution in [0.2, 0.25) is 0 Å². The molecule has 23 heteroatoms. The number of nitrogens with one attached hydrogen (secondary N) is 1. The third kappa shape index (κ3) is 18.6. The average Bonchev–Trinajstić information content (AvgIpc) is 1.39. The van der Waals surface area contributed by atoms with Crippen LogP contribution in [0.1, 0.15) is 146 Å². The van der Waals surface area contributed by atoms with E-state index < -0.39 is 44.8 Å². The third-order valence-corrected chi connectivity index (χ3v) is 17.3. The molecular formula is C67H78N6O15S2. The second-order valence-corrected chi connectivity index (χ2v) is 24.9. The number of aryl methyl sites for hydroxylation is 4. The van der Waals surface area contributed by atoms with Gasteiger partial charge in [0.05, 0.1) is 57.5 Å². The molecule has 90 heavy (non-hydrogen) atoms. The van der Waals surface area contributed by atoms with E-state index in [1.807, 2.05) is 56.2 Å². The van der Waals surface area contributed by atoms with Gasteiger partial charge in [0.15, 0.2) is 0 Å². The Morgan fingerprint density at radius 3 is 1.52 bits per heavy atom. The number of aromatic carboxylic acids is 5. The van der Waals surface area contributed by atoms with Crippen molar-refractivity contribution in [3.63, 3.8) is 0 Å². The van der Waals surface area contributed by atoms with Gasteiger partial charge in [0.1, 0.15) is 17.3 Å². The number of hydrogen-bond acceptors (Lipinski definition) is 15. The highest BCUT2D eigenvalue weighted by Crippen LogP contribution is 2.37. The SMILES string of the molecule is CC1CCCCN1c1ccc(C(=O)O)cc1NS(C)(=O)=O.CC1CCCCN1c1ccc(C(=O)O)cc1[N+](=O)[O-].COc1cc(C(=O)O)ccc1-c1cscc1C.Cc1cc(C(=O)O)cnc1N1CCCC1C.Cc1ccccc1-c1ccc(C(=O)O)cc1C. The molecule has 2 aromatic heterocycles. The van der Waals surface area contributed by atoms with Crippen LogP contribution in [0.15, 0.2) is 120 Å². The number of nitrogens with zero attached hydrogens (tertiary/aromatic N) is 5. The smallest absolute Gasteiger partial charge is 0.337 e. The van der Waals surface area contributed by atoms with E-state index in [9.17, 15) is 42.5 Å². The van der Waals surface area contributed by atoms with Gasteiger partial charge in [0, 0.05) is 55.6 Å². The van der Waals surface area contributed by atoms with Crippen LogP contribution in [0.4, 0.5) is 28.6 Å². The minimum absolute atomic E-state index is 0.0555. The maximum atomic E-state index is 11.5. The summed E-state index contributed by atoms with van der Waals surface area (Å²) < 4.78 is 30.7. The summed E-state index contributed by atoms with van der Waals surface area (Å²) in [5, 5.41) is 59.9. The molecule has 0 spiro atoms. The molecule has 3 saturated heterocycles. The van der Waals surface area contributed by atoms with E-state index in [1.54, 1.807) is 67.0 Å². The second kappa shape index (κ2) is 31.7. The molecule has 0 radical (unpaired) electrons. The number of carboxylic acids is 5. The summed E-state index contributed by atoms with van der Waals surface area (Å²) in [6.07, 6.45) is 11.2. The number of aromatic nitrogens is 1. The van der Waals surface area contributed by atoms with E-state index in [2.05, 4.69) is 57.8 Å². The molecule has 3 unspecified atom stereocenters. The van der Waals surface area contributed by atoms with Gasteiger partial charge in [-0.1, -0.05) is 30.3 Å². The molecule has 5 aromatic carbocycles. The first kappa shape index (κ1) is 69.7. The van der Waals surface area contributed by atoms with E-state index >= 15 is 0 Å². The molecule has 0 bridgehead atoms. The third-order valence-electron chi connectivity index (χ3n) is 15.8. The molecule has 3 aliphatic heterocycles. The van der Waals surface area contributed by atoms with Gasteiger partial charge in [-0.05, 0) is 216 Å². The van der Waals surface area contributed by atoms with Crippen LogP contribution in [0, 0.1) is 37.8 Å². The van der Waals surface area contributed by atoms with Crippen LogP contribution in [-0.2, 0) is 10.0 Å². The molecule has 478 valence electrons. The molecule has 3 atom stereocenters. The first-order valence-corrected chi connectivity index (χ1v) is 32.1. The quantitative estimate of drug-likeness (QED) is 0.0435. The zero-order valence-electron chi connectivity index (χ0n) is 51.9. The summed E-state index contributed by atoms with van der Waals surface area (Å²) >= 11 is 1.62. The van der Waals surface area contributed by atoms with Gasteiger partial charge >= 0.3 is 29.8 Å². The van der Waals surface area contributed by atoms with Gasteiger partial charge < -0.3 is 45.0 Å². The van der Waals surface area contributed by atoms with Gasteiger partial charge in [0.25, 0.3) is 5.69 Å². The van der Waals surface area contributed by atoms with Crippen LogP contribution in [0.25, 0.3) is 22.3 Å². The maximum Gasteiger partial charge on any atom is 0.337 e. The lowest BCUT2D eigenvalue weighted by molar-refractivity contribution is -0.384. The topological polar surface area (TPSA) is 308 Å². The van der Waals surface area contributed by atoms with Gasteiger partial charge in [-0.2, -0.15) is 11.3 Å². The fourth-order valence-electron chi connectivity index (χ4n) is 11.0. The van der Waals surface area contributed by atoms with Crippen molar-refractivity contribution in [1.29, 1.82) is 0 Å². The monoisotopic (exact) mass is 1270 g/mol. The van der Waals surface area contributed by atoms with Crippen LogP contribution < -0.4 is 24.2 Å². The van der Waals surface area contributed by atoms with Crippen molar-refractivity contribution in [2.24, 2.45) is 0 Å². The van der Waals surface area contributed by atoms with Crippen molar-refractivity contribution in [3.05, 3.63) is 180 Å². The van der Waals surface area contributed by atoms with E-state index in [4.69, 9.17) is 30.3 Å². The Hall–Kier alpha value is -9.35. The molecule has 3 aliphatic rings. The molecule has 21 nitrogen and oxygen atoms in total. The van der Waals surface area contributed by atoms with Gasteiger partial charge in [-0.3, -0.25) is 14.8 Å². The minimum atomic E-state index is -3.47. The van der Waals surface area contributed by atoms with E-state index in [0.29, 0.717) is 34.8 Å². The number of piperidine rings is 2. The number of anilines is 4. The zero-order chi connectivity index (χ0) is 66.1. The van der Waals surface area contributed by atoms with E-state index in [0.717, 1.165) is 121 Å². The number of hydrogen-bond donors (Lipinski definition) is 6. The molecule has 7 aromatic rings.